The zero-order chi connectivity index (χ0) is 20.9. The minimum absolute atomic E-state index is 0.320. The number of aromatic amines is 1. The third-order valence-corrected chi connectivity index (χ3v) is 6.35. The molecule has 0 spiro atoms. The number of thiophene rings is 1. The first kappa shape index (κ1) is 20.6. The fourth-order valence-electron chi connectivity index (χ4n) is 4.09. The number of aromatic nitrogens is 4. The van der Waals surface area contributed by atoms with E-state index in [9.17, 15) is 0 Å². The topological polar surface area (TPSA) is 114 Å². The minimum Gasteiger partial charge on any atom is -0.367 e. The maximum atomic E-state index is 8.83. The van der Waals surface area contributed by atoms with Crippen LogP contribution in [0.4, 0.5) is 17.6 Å². The second-order valence-corrected chi connectivity index (χ2v) is 9.05. The van der Waals surface area contributed by atoms with Gasteiger partial charge in [-0.1, -0.05) is 6.92 Å². The number of anilines is 3. The van der Waals surface area contributed by atoms with Crippen LogP contribution in [0.15, 0.2) is 17.5 Å². The van der Waals surface area contributed by atoms with E-state index in [2.05, 4.69) is 55.6 Å². The Labute approximate surface area is 180 Å². The fraction of sp³-hybridized carbons (Fsp3) is 0.524. The standard InChI is InChI=1S/C21H28N8S/c1-13-4-5-15(23-8-3-7-22)12-16(10-13)24-19-17-6-9-30-20(17)27-21(26-19)25-18-11-14(2)28-29-18/h6,9,11,13,15-16,23H,3-5,8,10,12H2,1-2H3,(H3,24,25,26,27,28,29)/t13-,15+,16-/m0/s1. The van der Waals surface area contributed by atoms with E-state index in [-0.39, 0.29) is 0 Å². The Morgan fingerprint density at radius 3 is 2.97 bits per heavy atom. The third-order valence-electron chi connectivity index (χ3n) is 5.55. The van der Waals surface area contributed by atoms with Crippen molar-refractivity contribution >= 4 is 39.1 Å². The molecule has 1 aliphatic carbocycles. The molecule has 0 aliphatic heterocycles. The molecule has 0 radical (unpaired) electrons. The highest BCUT2D eigenvalue weighted by atomic mass is 32.1. The van der Waals surface area contributed by atoms with Crippen molar-refractivity contribution < 1.29 is 0 Å². The Morgan fingerprint density at radius 1 is 1.27 bits per heavy atom. The van der Waals surface area contributed by atoms with E-state index in [1.807, 2.05) is 13.0 Å². The van der Waals surface area contributed by atoms with E-state index in [4.69, 9.17) is 10.2 Å². The van der Waals surface area contributed by atoms with Crippen molar-refractivity contribution in [2.75, 3.05) is 17.2 Å². The molecule has 8 nitrogen and oxygen atoms in total. The molecule has 3 aromatic rings. The van der Waals surface area contributed by atoms with E-state index < -0.39 is 0 Å². The van der Waals surface area contributed by atoms with Crippen molar-refractivity contribution in [1.29, 1.82) is 5.26 Å². The van der Waals surface area contributed by atoms with Gasteiger partial charge in [-0.05, 0) is 50.0 Å². The highest BCUT2D eigenvalue weighted by Gasteiger charge is 2.24. The summed E-state index contributed by atoms with van der Waals surface area (Å²) in [7, 11) is 0. The quantitative estimate of drug-likeness (QED) is 0.330. The van der Waals surface area contributed by atoms with E-state index in [0.717, 1.165) is 47.5 Å². The van der Waals surface area contributed by atoms with Gasteiger partial charge in [0.15, 0.2) is 5.82 Å². The van der Waals surface area contributed by atoms with Crippen LogP contribution in [0.3, 0.4) is 0 Å². The first-order chi connectivity index (χ1) is 14.6. The van der Waals surface area contributed by atoms with Gasteiger partial charge in [0.2, 0.25) is 5.95 Å². The number of nitrogens with one attached hydrogen (secondary N) is 4. The lowest BCUT2D eigenvalue weighted by molar-refractivity contribution is 0.449. The molecule has 1 saturated carbocycles. The maximum Gasteiger partial charge on any atom is 0.231 e. The van der Waals surface area contributed by atoms with Crippen LogP contribution in [0.5, 0.6) is 0 Å². The van der Waals surface area contributed by atoms with Gasteiger partial charge in [0.05, 0.1) is 11.5 Å². The lowest BCUT2D eigenvalue weighted by Gasteiger charge is -2.23. The number of hydrogen-bond donors (Lipinski definition) is 4. The summed E-state index contributed by atoms with van der Waals surface area (Å²) in [5.74, 6) is 2.77. The Bertz CT molecular complexity index is 1020. The van der Waals surface area contributed by atoms with Crippen molar-refractivity contribution in [1.82, 2.24) is 25.5 Å². The lowest BCUT2D eigenvalue weighted by Crippen LogP contribution is -2.34. The number of hydrogen-bond acceptors (Lipinski definition) is 8. The fourth-order valence-corrected chi connectivity index (χ4v) is 4.86. The summed E-state index contributed by atoms with van der Waals surface area (Å²) in [6, 6.07) is 6.97. The van der Waals surface area contributed by atoms with Crippen molar-refractivity contribution in [2.45, 2.75) is 58.0 Å². The van der Waals surface area contributed by atoms with Crippen LogP contribution in [0, 0.1) is 24.2 Å². The average molecular weight is 425 g/mol. The van der Waals surface area contributed by atoms with Gasteiger partial charge < -0.3 is 16.0 Å². The summed E-state index contributed by atoms with van der Waals surface area (Å²) in [5.41, 5.74) is 0.982. The molecule has 158 valence electrons. The molecule has 0 aromatic carbocycles. The highest BCUT2D eigenvalue weighted by molar-refractivity contribution is 7.16. The highest BCUT2D eigenvalue weighted by Crippen LogP contribution is 2.31. The average Bonchev–Trinajstić information content (AvgIpc) is 3.30. The SMILES string of the molecule is Cc1cc(Nc2nc(N[C@H]3C[C@@H](C)CC[C@@H](NCCC#N)C3)c3ccsc3n2)n[nH]1. The number of fused-ring (bicyclic) bond motifs is 1. The zero-order valence-corrected chi connectivity index (χ0v) is 18.2. The predicted molar refractivity (Wildman–Crippen MR) is 121 cm³/mol. The second-order valence-electron chi connectivity index (χ2n) is 8.15. The van der Waals surface area contributed by atoms with Gasteiger partial charge in [-0.25, -0.2) is 4.98 Å². The van der Waals surface area contributed by atoms with Crippen LogP contribution >= 0.6 is 11.3 Å². The Hall–Kier alpha value is -2.70. The van der Waals surface area contributed by atoms with E-state index >= 15 is 0 Å². The molecule has 0 saturated heterocycles. The molecule has 4 rings (SSSR count). The van der Waals surface area contributed by atoms with Crippen molar-refractivity contribution in [3.63, 3.8) is 0 Å². The largest absolute Gasteiger partial charge is 0.367 e. The Balaban J connectivity index is 1.53. The second kappa shape index (κ2) is 9.41. The first-order valence-corrected chi connectivity index (χ1v) is 11.4. The van der Waals surface area contributed by atoms with Gasteiger partial charge in [0, 0.05) is 36.8 Å². The molecule has 4 N–H and O–H groups in total. The monoisotopic (exact) mass is 424 g/mol. The molecule has 30 heavy (non-hydrogen) atoms. The number of nitriles is 1. The smallest absolute Gasteiger partial charge is 0.231 e. The van der Waals surface area contributed by atoms with E-state index in [0.29, 0.717) is 36.2 Å². The van der Waals surface area contributed by atoms with Crippen molar-refractivity contribution in [3.05, 3.63) is 23.2 Å². The molecule has 3 aromatic heterocycles. The molecule has 0 unspecified atom stereocenters. The zero-order valence-electron chi connectivity index (χ0n) is 17.4. The molecule has 0 bridgehead atoms. The normalized spacial score (nSPS) is 21.8. The van der Waals surface area contributed by atoms with E-state index in [1.165, 1.54) is 6.42 Å². The van der Waals surface area contributed by atoms with Crippen LogP contribution in [-0.2, 0) is 0 Å². The van der Waals surface area contributed by atoms with Gasteiger partial charge in [-0.2, -0.15) is 15.3 Å². The van der Waals surface area contributed by atoms with Crippen molar-refractivity contribution in [3.8, 4) is 6.07 Å². The first-order valence-electron chi connectivity index (χ1n) is 10.5. The van der Waals surface area contributed by atoms with Crippen LogP contribution in [0.2, 0.25) is 0 Å². The van der Waals surface area contributed by atoms with Gasteiger partial charge in [0.25, 0.3) is 0 Å². The number of aryl methyl sites for hydroxylation is 1. The lowest BCUT2D eigenvalue weighted by atomic mass is 10.0. The van der Waals surface area contributed by atoms with Crippen LogP contribution < -0.4 is 16.0 Å². The summed E-state index contributed by atoms with van der Waals surface area (Å²) >= 11 is 1.61. The van der Waals surface area contributed by atoms with Gasteiger partial charge >= 0.3 is 0 Å². The Morgan fingerprint density at radius 2 is 2.17 bits per heavy atom. The molecule has 0 amide bonds. The molecule has 3 heterocycles. The number of H-pyrrole nitrogens is 1. The van der Waals surface area contributed by atoms with Gasteiger partial charge in [-0.15, -0.1) is 11.3 Å². The Kier molecular flexibility index (Phi) is 6.45. The minimum atomic E-state index is 0.320. The summed E-state index contributed by atoms with van der Waals surface area (Å²) in [6.45, 7) is 5.03. The van der Waals surface area contributed by atoms with E-state index in [1.54, 1.807) is 11.3 Å². The molecule has 1 aliphatic rings. The van der Waals surface area contributed by atoms with Crippen LogP contribution in [0.1, 0.15) is 44.7 Å². The molecular formula is C21H28N8S. The molecular weight excluding hydrogens is 396 g/mol. The third kappa shape index (κ3) is 5.07. The number of rotatable bonds is 7. The van der Waals surface area contributed by atoms with Crippen molar-refractivity contribution in [2.24, 2.45) is 5.92 Å². The van der Waals surface area contributed by atoms with Gasteiger partial charge in [-0.3, -0.25) is 5.10 Å². The summed E-state index contributed by atoms with van der Waals surface area (Å²) in [6.07, 6.45) is 5.02. The summed E-state index contributed by atoms with van der Waals surface area (Å²) in [4.78, 5) is 10.4. The molecule has 9 heteroatoms. The van der Waals surface area contributed by atoms with Crippen LogP contribution in [-0.4, -0.2) is 38.8 Å². The summed E-state index contributed by atoms with van der Waals surface area (Å²) in [5, 5.41) is 29.6. The molecule has 3 atom stereocenters. The maximum absolute atomic E-state index is 8.83. The van der Waals surface area contributed by atoms with Crippen LogP contribution in [0.25, 0.3) is 10.2 Å². The number of nitrogens with zero attached hydrogens (tertiary/aromatic N) is 4. The summed E-state index contributed by atoms with van der Waals surface area (Å²) < 4.78 is 0. The van der Waals surface area contributed by atoms with Gasteiger partial charge in [0.1, 0.15) is 10.6 Å². The predicted octanol–water partition coefficient (Wildman–Crippen LogP) is 4.33. The molecule has 1 fully saturated rings.